The van der Waals surface area contributed by atoms with Crippen LogP contribution >= 0.6 is 11.6 Å². The van der Waals surface area contributed by atoms with Crippen molar-refractivity contribution in [2.24, 2.45) is 11.6 Å². The smallest absolute Gasteiger partial charge is 0.339 e. The molecule has 0 saturated carbocycles. The number of halogens is 1. The third kappa shape index (κ3) is 5.39. The van der Waals surface area contributed by atoms with E-state index >= 15 is 0 Å². The second kappa shape index (κ2) is 9.72. The summed E-state index contributed by atoms with van der Waals surface area (Å²) in [4.78, 5) is 12.4. The van der Waals surface area contributed by atoms with Crippen molar-refractivity contribution in [3.05, 3.63) is 63.3 Å². The fraction of sp³-hybridized carbons (Fsp3) is 0.318. The number of benzene rings is 2. The Morgan fingerprint density at radius 1 is 1.13 bits per heavy atom. The van der Waals surface area contributed by atoms with E-state index < -0.39 is 16.8 Å². The van der Waals surface area contributed by atoms with E-state index in [0.717, 1.165) is 5.56 Å². The van der Waals surface area contributed by atoms with Gasteiger partial charge >= 0.3 is 5.97 Å². The van der Waals surface area contributed by atoms with Crippen molar-refractivity contribution in [1.82, 2.24) is 0 Å². The van der Waals surface area contributed by atoms with E-state index in [1.807, 2.05) is 12.1 Å². The van der Waals surface area contributed by atoms with E-state index in [4.69, 9.17) is 32.7 Å². The van der Waals surface area contributed by atoms with E-state index in [1.165, 1.54) is 31.4 Å². The van der Waals surface area contributed by atoms with Crippen LogP contribution in [0.1, 0.15) is 43.6 Å². The molecule has 168 valence electrons. The minimum absolute atomic E-state index is 0.0163. The number of ether oxygens (including phenoxy) is 2. The van der Waals surface area contributed by atoms with Gasteiger partial charge in [-0.15, -0.1) is 0 Å². The first kappa shape index (κ1) is 24.7. The van der Waals surface area contributed by atoms with Crippen LogP contribution in [0.3, 0.4) is 0 Å². The second-order valence-corrected chi connectivity index (χ2v) is 9.71. The van der Waals surface area contributed by atoms with Gasteiger partial charge in [0.15, 0.2) is 0 Å². The summed E-state index contributed by atoms with van der Waals surface area (Å²) in [5.41, 5.74) is 8.13. The molecule has 7 nitrogen and oxygen atoms in total. The fourth-order valence-corrected chi connectivity index (χ4v) is 4.04. The van der Waals surface area contributed by atoms with E-state index in [-0.39, 0.29) is 26.8 Å². The molecule has 0 spiro atoms. The first-order valence-corrected chi connectivity index (χ1v) is 10.9. The summed E-state index contributed by atoms with van der Waals surface area (Å²) in [6, 6.07) is 10.3. The monoisotopic (exact) mass is 465 g/mol. The fourth-order valence-electron chi connectivity index (χ4n) is 2.80. The molecule has 0 radical (unpaired) electrons. The zero-order chi connectivity index (χ0) is 23.5. The van der Waals surface area contributed by atoms with Gasteiger partial charge in [-0.2, -0.15) is 0 Å². The zero-order valence-electron chi connectivity index (χ0n) is 18.5. The summed E-state index contributed by atoms with van der Waals surface area (Å²) in [6.07, 6.45) is 0. The van der Waals surface area contributed by atoms with E-state index in [0.29, 0.717) is 16.3 Å². The molecule has 0 aliphatic heterocycles. The second-order valence-electron chi connectivity index (χ2n) is 7.86. The highest BCUT2D eigenvalue weighted by atomic mass is 35.5. The number of esters is 1. The number of nitrogens with zero attached hydrogens (tertiary/aromatic N) is 1. The molecular weight excluding hydrogens is 438 g/mol. The van der Waals surface area contributed by atoms with Crippen LogP contribution in [0, 0.1) is 0 Å². The highest BCUT2D eigenvalue weighted by Crippen LogP contribution is 2.35. The Morgan fingerprint density at radius 2 is 1.71 bits per heavy atom. The maximum absolute atomic E-state index is 13.0. The van der Waals surface area contributed by atoms with Gasteiger partial charge in [-0.3, -0.25) is 5.01 Å². The molecule has 1 atom stereocenters. The number of hydrogen-bond donors (Lipinski definition) is 2. The Kier molecular flexibility index (Phi) is 7.75. The maximum Gasteiger partial charge on any atom is 0.339 e. The lowest BCUT2D eigenvalue weighted by Crippen LogP contribution is -2.32. The molecule has 0 aliphatic carbocycles. The molecule has 0 bridgehead atoms. The number of allylic oxidation sites excluding steroid dienone is 1. The first-order chi connectivity index (χ1) is 14.4. The minimum atomic E-state index is -1.63. The largest absolute Gasteiger partial charge is 0.494 e. The van der Waals surface area contributed by atoms with E-state index in [1.54, 1.807) is 19.1 Å². The summed E-state index contributed by atoms with van der Waals surface area (Å²) in [5, 5.41) is 1.44. The summed E-state index contributed by atoms with van der Waals surface area (Å²) in [7, 11) is 1.06. The molecule has 4 N–H and O–H groups in total. The molecule has 0 saturated heterocycles. The molecule has 0 aromatic heterocycles. The molecule has 2 rings (SSSR count). The first-order valence-electron chi connectivity index (χ1n) is 9.41. The van der Waals surface area contributed by atoms with Crippen LogP contribution in [-0.4, -0.2) is 24.4 Å². The quantitative estimate of drug-likeness (QED) is 0.376. The molecule has 9 heteroatoms. The Hall–Kier alpha value is -2.55. The van der Waals surface area contributed by atoms with Gasteiger partial charge in [0.25, 0.3) is 0 Å². The van der Waals surface area contributed by atoms with Crippen molar-refractivity contribution in [1.29, 1.82) is 0 Å². The van der Waals surface area contributed by atoms with Gasteiger partial charge in [0.05, 0.1) is 30.5 Å². The predicted molar refractivity (Wildman–Crippen MR) is 124 cm³/mol. The molecule has 2 aromatic carbocycles. The molecule has 0 aliphatic rings. The van der Waals surface area contributed by atoms with Crippen molar-refractivity contribution < 1.29 is 18.5 Å². The van der Waals surface area contributed by atoms with E-state index in [9.17, 15) is 9.00 Å². The number of nitrogens with two attached hydrogens (primary N) is 2. The van der Waals surface area contributed by atoms with Crippen LogP contribution in [0.15, 0.2) is 52.0 Å². The van der Waals surface area contributed by atoms with Gasteiger partial charge in [0, 0.05) is 4.90 Å². The van der Waals surface area contributed by atoms with Gasteiger partial charge in [-0.1, -0.05) is 44.5 Å². The summed E-state index contributed by atoms with van der Waals surface area (Å²) < 4.78 is 23.1. The topological polar surface area (TPSA) is 108 Å². The Bertz CT molecular complexity index is 1030. The zero-order valence-corrected chi connectivity index (χ0v) is 20.1. The average Bonchev–Trinajstić information content (AvgIpc) is 2.75. The van der Waals surface area contributed by atoms with Gasteiger partial charge in [-0.25, -0.2) is 14.8 Å². The van der Waals surface area contributed by atoms with Gasteiger partial charge in [0.2, 0.25) is 0 Å². The van der Waals surface area contributed by atoms with Crippen LogP contribution in [0.2, 0.25) is 5.02 Å². The van der Waals surface area contributed by atoms with Crippen molar-refractivity contribution in [3.8, 4) is 5.75 Å². The number of hydrazine groups is 1. The molecular formula is C22H28ClN3O4S. The van der Waals surface area contributed by atoms with Crippen LogP contribution < -0.4 is 21.3 Å². The maximum atomic E-state index is 13.0. The highest BCUT2D eigenvalue weighted by molar-refractivity contribution is 7.89. The molecule has 2 aromatic rings. The van der Waals surface area contributed by atoms with E-state index in [2.05, 4.69) is 20.8 Å². The highest BCUT2D eigenvalue weighted by Gasteiger charge is 2.22. The minimum Gasteiger partial charge on any atom is -0.494 e. The van der Waals surface area contributed by atoms with Crippen molar-refractivity contribution in [3.63, 3.8) is 0 Å². The standard InChI is InChI=1S/C22H28ClN3O4S/c1-13(20(24)31(28)15-9-7-14(8-10-15)22(2,3)4)26(25)18-12-17(23)16(21(27)30-6)11-19(18)29-5/h7-12H,24-25H2,1-6H3/b20-13+. The molecule has 0 amide bonds. The average molecular weight is 466 g/mol. The predicted octanol–water partition coefficient (Wildman–Crippen LogP) is 4.07. The lowest BCUT2D eigenvalue weighted by atomic mass is 9.87. The van der Waals surface area contributed by atoms with Gasteiger partial charge < -0.3 is 15.2 Å². The van der Waals surface area contributed by atoms with Gasteiger partial charge in [0.1, 0.15) is 27.3 Å². The molecule has 1 unspecified atom stereocenters. The number of carbonyl (C=O) groups excluding carboxylic acids is 1. The third-order valence-corrected chi connectivity index (χ3v) is 6.49. The normalized spacial score (nSPS) is 13.3. The molecule has 31 heavy (non-hydrogen) atoms. The third-order valence-electron chi connectivity index (χ3n) is 4.79. The van der Waals surface area contributed by atoms with Crippen molar-refractivity contribution >= 4 is 34.1 Å². The number of anilines is 1. The summed E-state index contributed by atoms with van der Waals surface area (Å²) in [5.74, 6) is 5.92. The SMILES string of the molecule is COC(=O)c1cc(OC)c(N(N)/C(C)=C(\N)S(=O)c2ccc(C(C)(C)C)cc2)cc1Cl. The Balaban J connectivity index is 2.42. The molecule has 0 fully saturated rings. The number of hydrogen-bond acceptors (Lipinski definition) is 7. The summed E-state index contributed by atoms with van der Waals surface area (Å²) in [6.45, 7) is 7.95. The van der Waals surface area contributed by atoms with Gasteiger partial charge in [-0.05, 0) is 42.2 Å². The lowest BCUT2D eigenvalue weighted by molar-refractivity contribution is 0.0600. The van der Waals surface area contributed by atoms with Crippen LogP contribution in [-0.2, 0) is 21.0 Å². The molecule has 0 heterocycles. The van der Waals surface area contributed by atoms with Crippen LogP contribution in [0.25, 0.3) is 0 Å². The van der Waals surface area contributed by atoms with Crippen LogP contribution in [0.5, 0.6) is 5.75 Å². The summed E-state index contributed by atoms with van der Waals surface area (Å²) >= 11 is 6.22. The van der Waals surface area contributed by atoms with Crippen molar-refractivity contribution in [2.45, 2.75) is 38.0 Å². The lowest BCUT2D eigenvalue weighted by Gasteiger charge is -2.24. The Morgan fingerprint density at radius 3 is 2.19 bits per heavy atom. The Labute approximate surface area is 190 Å². The number of carbonyl (C=O) groups is 1. The number of rotatable bonds is 6. The van der Waals surface area contributed by atoms with Crippen LogP contribution in [0.4, 0.5) is 5.69 Å². The van der Waals surface area contributed by atoms with Crippen molar-refractivity contribution in [2.75, 3.05) is 19.2 Å². The number of methoxy groups -OCH3 is 2.